The zero-order chi connectivity index (χ0) is 18.0. The molecule has 3 aromatic rings. The Balaban J connectivity index is 1.84. The molecule has 2 aromatic carbocycles. The van der Waals surface area contributed by atoms with Crippen LogP contribution in [0.3, 0.4) is 0 Å². The minimum absolute atomic E-state index is 0.140. The largest absolute Gasteiger partial charge is 0.497 e. The third-order valence-electron chi connectivity index (χ3n) is 4.16. The van der Waals surface area contributed by atoms with E-state index in [1.807, 2.05) is 50.2 Å². The zero-order valence-electron chi connectivity index (χ0n) is 14.9. The summed E-state index contributed by atoms with van der Waals surface area (Å²) in [6.45, 7) is 4.04. The topological polar surface area (TPSA) is 47.4 Å². The maximum atomic E-state index is 12.8. The van der Waals surface area contributed by atoms with Crippen LogP contribution in [-0.2, 0) is 0 Å². The molecule has 5 heteroatoms. The van der Waals surface area contributed by atoms with Crippen LogP contribution in [0.5, 0.6) is 5.75 Å². The standard InChI is InChI=1S/C20H21N3O2/c1-14-5-10-19(15(2)13-14)22(3)20(24)18-11-12-23(21-18)16-6-8-17(25-4)9-7-16/h5-13H,1-4H3. The minimum Gasteiger partial charge on any atom is -0.497 e. The Morgan fingerprint density at radius 2 is 1.80 bits per heavy atom. The lowest BCUT2D eigenvalue weighted by Crippen LogP contribution is -2.27. The molecule has 0 fully saturated rings. The second-order valence-electron chi connectivity index (χ2n) is 6.00. The first-order valence-corrected chi connectivity index (χ1v) is 8.05. The predicted molar refractivity (Wildman–Crippen MR) is 98.8 cm³/mol. The van der Waals surface area contributed by atoms with Gasteiger partial charge in [0.05, 0.1) is 12.8 Å². The number of carbonyl (C=O) groups excluding carboxylic acids is 1. The number of ether oxygens (including phenoxy) is 1. The molecule has 1 aromatic heterocycles. The fraction of sp³-hybridized carbons (Fsp3) is 0.200. The molecule has 25 heavy (non-hydrogen) atoms. The Morgan fingerprint density at radius 1 is 1.08 bits per heavy atom. The number of methoxy groups -OCH3 is 1. The van der Waals surface area contributed by atoms with Crippen molar-refractivity contribution < 1.29 is 9.53 Å². The molecule has 128 valence electrons. The first kappa shape index (κ1) is 16.8. The van der Waals surface area contributed by atoms with Crippen LogP contribution in [0.15, 0.2) is 54.7 Å². The lowest BCUT2D eigenvalue weighted by atomic mass is 10.1. The van der Waals surface area contributed by atoms with Gasteiger partial charge in [-0.05, 0) is 55.8 Å². The smallest absolute Gasteiger partial charge is 0.278 e. The van der Waals surface area contributed by atoms with Crippen LogP contribution in [0.2, 0.25) is 0 Å². The van der Waals surface area contributed by atoms with Crippen LogP contribution in [0, 0.1) is 13.8 Å². The molecule has 0 aliphatic heterocycles. The summed E-state index contributed by atoms with van der Waals surface area (Å²) in [5, 5.41) is 4.41. The molecule has 3 rings (SSSR count). The van der Waals surface area contributed by atoms with E-state index in [1.165, 1.54) is 5.56 Å². The van der Waals surface area contributed by atoms with E-state index in [9.17, 15) is 4.79 Å². The predicted octanol–water partition coefficient (Wildman–Crippen LogP) is 3.77. The molecular formula is C20H21N3O2. The SMILES string of the molecule is COc1ccc(-n2ccc(C(=O)N(C)c3ccc(C)cc3C)n2)cc1. The number of hydrogen-bond acceptors (Lipinski definition) is 3. The lowest BCUT2D eigenvalue weighted by Gasteiger charge is -2.18. The van der Waals surface area contributed by atoms with Crippen LogP contribution in [0.4, 0.5) is 5.69 Å². The van der Waals surface area contributed by atoms with Crippen molar-refractivity contribution in [3.63, 3.8) is 0 Å². The van der Waals surface area contributed by atoms with Gasteiger partial charge in [0, 0.05) is 18.9 Å². The summed E-state index contributed by atoms with van der Waals surface area (Å²) in [4.78, 5) is 14.4. The maximum Gasteiger partial charge on any atom is 0.278 e. The van der Waals surface area contributed by atoms with Crippen molar-refractivity contribution in [2.75, 3.05) is 19.1 Å². The van der Waals surface area contributed by atoms with E-state index in [-0.39, 0.29) is 5.91 Å². The molecule has 0 atom stereocenters. The Bertz CT molecular complexity index is 898. The van der Waals surface area contributed by atoms with E-state index < -0.39 is 0 Å². The van der Waals surface area contributed by atoms with Crippen LogP contribution in [0.1, 0.15) is 21.6 Å². The van der Waals surface area contributed by atoms with Gasteiger partial charge in [-0.15, -0.1) is 0 Å². The number of aryl methyl sites for hydroxylation is 2. The van der Waals surface area contributed by atoms with Gasteiger partial charge in [0.25, 0.3) is 5.91 Å². The van der Waals surface area contributed by atoms with Crippen LogP contribution >= 0.6 is 0 Å². The molecule has 0 unspecified atom stereocenters. The third kappa shape index (κ3) is 3.40. The summed E-state index contributed by atoms with van der Waals surface area (Å²) in [5.41, 5.74) is 4.39. The van der Waals surface area contributed by atoms with Crippen molar-refractivity contribution >= 4 is 11.6 Å². The second-order valence-corrected chi connectivity index (χ2v) is 6.00. The van der Waals surface area contributed by atoms with E-state index in [2.05, 4.69) is 11.2 Å². The molecule has 0 bridgehead atoms. The van der Waals surface area contributed by atoms with Crippen molar-refractivity contribution in [3.8, 4) is 11.4 Å². The average molecular weight is 335 g/mol. The van der Waals surface area contributed by atoms with Gasteiger partial charge >= 0.3 is 0 Å². The monoisotopic (exact) mass is 335 g/mol. The van der Waals surface area contributed by atoms with Gasteiger partial charge in [0.2, 0.25) is 0 Å². The molecule has 0 spiro atoms. The Morgan fingerprint density at radius 3 is 2.44 bits per heavy atom. The highest BCUT2D eigenvalue weighted by atomic mass is 16.5. The summed E-state index contributed by atoms with van der Waals surface area (Å²) in [6, 6.07) is 15.3. The molecular weight excluding hydrogens is 314 g/mol. The third-order valence-corrected chi connectivity index (χ3v) is 4.16. The first-order valence-electron chi connectivity index (χ1n) is 8.05. The second kappa shape index (κ2) is 6.81. The molecule has 0 aliphatic carbocycles. The molecule has 0 saturated carbocycles. The van der Waals surface area contributed by atoms with Crippen molar-refractivity contribution in [2.24, 2.45) is 0 Å². The molecule has 1 amide bonds. The van der Waals surface area contributed by atoms with E-state index in [1.54, 1.807) is 36.0 Å². The van der Waals surface area contributed by atoms with Gasteiger partial charge in [-0.3, -0.25) is 4.79 Å². The van der Waals surface area contributed by atoms with E-state index >= 15 is 0 Å². The van der Waals surface area contributed by atoms with Crippen LogP contribution < -0.4 is 9.64 Å². The number of carbonyl (C=O) groups is 1. The van der Waals surface area contributed by atoms with E-state index in [0.717, 1.165) is 22.7 Å². The number of amides is 1. The fourth-order valence-corrected chi connectivity index (χ4v) is 2.78. The maximum absolute atomic E-state index is 12.8. The van der Waals surface area contributed by atoms with E-state index in [4.69, 9.17) is 4.74 Å². The lowest BCUT2D eigenvalue weighted by molar-refractivity contribution is 0.0987. The van der Waals surface area contributed by atoms with Crippen LogP contribution in [0.25, 0.3) is 5.69 Å². The number of benzene rings is 2. The first-order chi connectivity index (χ1) is 12.0. The number of aromatic nitrogens is 2. The molecule has 0 radical (unpaired) electrons. The van der Waals surface area contributed by atoms with Gasteiger partial charge in [0.15, 0.2) is 5.69 Å². The minimum atomic E-state index is -0.140. The highest BCUT2D eigenvalue weighted by molar-refractivity contribution is 6.04. The summed E-state index contributed by atoms with van der Waals surface area (Å²) < 4.78 is 6.84. The molecule has 0 N–H and O–H groups in total. The van der Waals surface area contributed by atoms with Crippen molar-refractivity contribution in [1.29, 1.82) is 0 Å². The molecule has 0 aliphatic rings. The number of nitrogens with zero attached hydrogens (tertiary/aromatic N) is 3. The summed E-state index contributed by atoms with van der Waals surface area (Å²) >= 11 is 0. The van der Waals surface area contributed by atoms with Gasteiger partial charge in [-0.25, -0.2) is 4.68 Å². The van der Waals surface area contributed by atoms with E-state index in [0.29, 0.717) is 5.69 Å². The highest BCUT2D eigenvalue weighted by Gasteiger charge is 2.18. The quantitative estimate of drug-likeness (QED) is 0.729. The van der Waals surface area contributed by atoms with Gasteiger partial charge in [-0.2, -0.15) is 5.10 Å². The van der Waals surface area contributed by atoms with Gasteiger partial charge in [-0.1, -0.05) is 17.7 Å². The number of rotatable bonds is 4. The number of hydrogen-bond donors (Lipinski definition) is 0. The Labute approximate surface area is 147 Å². The summed E-state index contributed by atoms with van der Waals surface area (Å²) in [6.07, 6.45) is 1.78. The Hall–Kier alpha value is -3.08. The Kier molecular flexibility index (Phi) is 4.57. The van der Waals surface area contributed by atoms with Gasteiger partial charge in [0.1, 0.15) is 5.75 Å². The van der Waals surface area contributed by atoms with Gasteiger partial charge < -0.3 is 9.64 Å². The van der Waals surface area contributed by atoms with Crippen molar-refractivity contribution in [2.45, 2.75) is 13.8 Å². The summed E-state index contributed by atoms with van der Waals surface area (Å²) in [5.74, 6) is 0.640. The van der Waals surface area contributed by atoms with Crippen molar-refractivity contribution in [1.82, 2.24) is 9.78 Å². The summed E-state index contributed by atoms with van der Waals surface area (Å²) in [7, 11) is 3.40. The molecule has 1 heterocycles. The number of anilines is 1. The van der Waals surface area contributed by atoms with Crippen LogP contribution in [-0.4, -0.2) is 29.8 Å². The molecule has 5 nitrogen and oxygen atoms in total. The normalized spacial score (nSPS) is 10.6. The van der Waals surface area contributed by atoms with Crippen molar-refractivity contribution in [3.05, 3.63) is 71.5 Å². The fourth-order valence-electron chi connectivity index (χ4n) is 2.78. The zero-order valence-corrected chi connectivity index (χ0v) is 14.9. The molecule has 0 saturated heterocycles. The average Bonchev–Trinajstić information content (AvgIpc) is 3.10. The highest BCUT2D eigenvalue weighted by Crippen LogP contribution is 2.22.